The van der Waals surface area contributed by atoms with E-state index in [1.165, 1.54) is 6.42 Å². The highest BCUT2D eigenvalue weighted by Gasteiger charge is 2.32. The van der Waals surface area contributed by atoms with Crippen LogP contribution in [0.4, 0.5) is 5.82 Å². The van der Waals surface area contributed by atoms with Gasteiger partial charge in [-0.25, -0.2) is 9.97 Å². The van der Waals surface area contributed by atoms with Crippen LogP contribution in [0.1, 0.15) is 37.7 Å². The van der Waals surface area contributed by atoms with Crippen molar-refractivity contribution in [2.24, 2.45) is 5.73 Å². The van der Waals surface area contributed by atoms with Crippen molar-refractivity contribution in [1.82, 2.24) is 9.97 Å². The molecule has 0 bridgehead atoms. The van der Waals surface area contributed by atoms with E-state index < -0.39 is 0 Å². The van der Waals surface area contributed by atoms with E-state index >= 15 is 0 Å². The van der Waals surface area contributed by atoms with Crippen molar-refractivity contribution in [1.29, 1.82) is 0 Å². The number of aryl methyl sites for hydroxylation is 2. The molecule has 1 aromatic heterocycles. The number of nitrogens with one attached hydrogen (secondary N) is 1. The average molecular weight is 220 g/mol. The standard InChI is InChI=1S/C12H20N4/c1-3-10-15-9(2)7-11(16-10)14-8-12(13)5-4-6-12/h7H,3-6,8,13H2,1-2H3,(H,14,15,16). The molecule has 1 aliphatic carbocycles. The minimum atomic E-state index is -0.00870. The molecule has 0 aliphatic heterocycles. The maximum absolute atomic E-state index is 6.15. The summed E-state index contributed by atoms with van der Waals surface area (Å²) < 4.78 is 0. The second kappa shape index (κ2) is 4.37. The third-order valence-corrected chi connectivity index (χ3v) is 3.19. The Bertz CT molecular complexity index is 371. The lowest BCUT2D eigenvalue weighted by Crippen LogP contribution is -2.52. The number of hydrogen-bond donors (Lipinski definition) is 2. The predicted octanol–water partition coefficient (Wildman–Crippen LogP) is 1.64. The fraction of sp³-hybridized carbons (Fsp3) is 0.667. The molecular weight excluding hydrogens is 200 g/mol. The van der Waals surface area contributed by atoms with Crippen molar-refractivity contribution in [2.75, 3.05) is 11.9 Å². The molecule has 2 rings (SSSR count). The Labute approximate surface area is 96.7 Å². The Morgan fingerprint density at radius 3 is 2.75 bits per heavy atom. The molecule has 3 N–H and O–H groups in total. The smallest absolute Gasteiger partial charge is 0.130 e. The second-order valence-corrected chi connectivity index (χ2v) is 4.73. The summed E-state index contributed by atoms with van der Waals surface area (Å²) in [6.45, 7) is 4.87. The fourth-order valence-electron chi connectivity index (χ4n) is 1.95. The summed E-state index contributed by atoms with van der Waals surface area (Å²) in [5.74, 6) is 1.79. The molecule has 1 heterocycles. The van der Waals surface area contributed by atoms with E-state index in [4.69, 9.17) is 5.73 Å². The normalized spacial score (nSPS) is 17.9. The summed E-state index contributed by atoms with van der Waals surface area (Å²) in [6.07, 6.45) is 4.35. The van der Waals surface area contributed by atoms with Gasteiger partial charge in [0.15, 0.2) is 0 Å². The van der Waals surface area contributed by atoms with Gasteiger partial charge in [0.05, 0.1) is 0 Å². The molecule has 4 nitrogen and oxygen atoms in total. The molecule has 4 heteroatoms. The minimum Gasteiger partial charge on any atom is -0.368 e. The van der Waals surface area contributed by atoms with Crippen molar-refractivity contribution < 1.29 is 0 Å². The molecule has 1 saturated carbocycles. The summed E-state index contributed by atoms with van der Waals surface area (Å²) in [4.78, 5) is 8.78. The predicted molar refractivity (Wildman–Crippen MR) is 65.4 cm³/mol. The zero-order valence-electron chi connectivity index (χ0n) is 10.1. The van der Waals surface area contributed by atoms with Crippen LogP contribution in [0.25, 0.3) is 0 Å². The molecule has 1 aromatic rings. The quantitative estimate of drug-likeness (QED) is 0.809. The summed E-state index contributed by atoms with van der Waals surface area (Å²) in [5.41, 5.74) is 7.15. The van der Waals surface area contributed by atoms with Crippen molar-refractivity contribution in [3.8, 4) is 0 Å². The topological polar surface area (TPSA) is 63.8 Å². The first-order valence-corrected chi connectivity index (χ1v) is 5.99. The van der Waals surface area contributed by atoms with Gasteiger partial charge in [0, 0.05) is 30.3 Å². The van der Waals surface area contributed by atoms with E-state index in [1.54, 1.807) is 0 Å². The minimum absolute atomic E-state index is 0.00870. The first-order valence-electron chi connectivity index (χ1n) is 5.99. The van der Waals surface area contributed by atoms with Gasteiger partial charge < -0.3 is 11.1 Å². The van der Waals surface area contributed by atoms with Gasteiger partial charge in [-0.3, -0.25) is 0 Å². The van der Waals surface area contributed by atoms with Crippen LogP contribution in [0, 0.1) is 6.92 Å². The maximum atomic E-state index is 6.15. The van der Waals surface area contributed by atoms with E-state index in [0.29, 0.717) is 0 Å². The highest BCUT2D eigenvalue weighted by atomic mass is 15.1. The molecule has 0 spiro atoms. The van der Waals surface area contributed by atoms with Crippen LogP contribution >= 0.6 is 0 Å². The van der Waals surface area contributed by atoms with Gasteiger partial charge in [0.25, 0.3) is 0 Å². The van der Waals surface area contributed by atoms with Crippen LogP contribution in [-0.2, 0) is 6.42 Å². The molecule has 1 aliphatic rings. The number of nitrogens with zero attached hydrogens (tertiary/aromatic N) is 2. The molecule has 88 valence electrons. The van der Waals surface area contributed by atoms with Gasteiger partial charge in [-0.1, -0.05) is 6.92 Å². The first kappa shape index (κ1) is 11.3. The van der Waals surface area contributed by atoms with Crippen molar-refractivity contribution in [3.05, 3.63) is 17.6 Å². The van der Waals surface area contributed by atoms with E-state index in [2.05, 4.69) is 22.2 Å². The Kier molecular flexibility index (Phi) is 3.10. The van der Waals surface area contributed by atoms with E-state index in [9.17, 15) is 0 Å². The third-order valence-electron chi connectivity index (χ3n) is 3.19. The zero-order chi connectivity index (χ0) is 11.6. The van der Waals surface area contributed by atoms with Gasteiger partial charge in [-0.15, -0.1) is 0 Å². The molecule has 0 amide bonds. The molecule has 0 saturated heterocycles. The zero-order valence-corrected chi connectivity index (χ0v) is 10.1. The third kappa shape index (κ3) is 2.50. The molecule has 0 radical (unpaired) electrons. The van der Waals surface area contributed by atoms with Crippen LogP contribution in [-0.4, -0.2) is 22.1 Å². The highest BCUT2D eigenvalue weighted by molar-refractivity contribution is 5.36. The summed E-state index contributed by atoms with van der Waals surface area (Å²) in [7, 11) is 0. The number of hydrogen-bond acceptors (Lipinski definition) is 4. The number of nitrogens with two attached hydrogens (primary N) is 1. The summed E-state index contributed by atoms with van der Waals surface area (Å²) in [6, 6.07) is 1.97. The van der Waals surface area contributed by atoms with Crippen molar-refractivity contribution in [3.63, 3.8) is 0 Å². The van der Waals surface area contributed by atoms with Crippen LogP contribution in [0.3, 0.4) is 0 Å². The van der Waals surface area contributed by atoms with Crippen molar-refractivity contribution in [2.45, 2.75) is 45.1 Å². The average Bonchev–Trinajstić information content (AvgIpc) is 2.23. The lowest BCUT2D eigenvalue weighted by Gasteiger charge is -2.38. The van der Waals surface area contributed by atoms with Gasteiger partial charge >= 0.3 is 0 Å². The Morgan fingerprint density at radius 1 is 1.44 bits per heavy atom. The summed E-state index contributed by atoms with van der Waals surface area (Å²) in [5, 5.41) is 3.33. The van der Waals surface area contributed by atoms with Crippen LogP contribution in [0.2, 0.25) is 0 Å². The molecule has 0 unspecified atom stereocenters. The van der Waals surface area contributed by atoms with E-state index in [0.717, 1.165) is 43.1 Å². The van der Waals surface area contributed by atoms with E-state index in [1.807, 2.05) is 13.0 Å². The molecular formula is C12H20N4. The molecule has 16 heavy (non-hydrogen) atoms. The van der Waals surface area contributed by atoms with Crippen LogP contribution in [0.15, 0.2) is 6.07 Å². The first-order chi connectivity index (χ1) is 7.61. The Morgan fingerprint density at radius 2 is 2.19 bits per heavy atom. The monoisotopic (exact) mass is 220 g/mol. The lowest BCUT2D eigenvalue weighted by atomic mass is 9.78. The molecule has 0 aromatic carbocycles. The summed E-state index contributed by atoms with van der Waals surface area (Å²) >= 11 is 0. The lowest BCUT2D eigenvalue weighted by molar-refractivity contribution is 0.265. The number of rotatable bonds is 4. The van der Waals surface area contributed by atoms with Gasteiger partial charge in [-0.2, -0.15) is 0 Å². The van der Waals surface area contributed by atoms with Crippen LogP contribution in [0.5, 0.6) is 0 Å². The van der Waals surface area contributed by atoms with Crippen LogP contribution < -0.4 is 11.1 Å². The van der Waals surface area contributed by atoms with E-state index in [-0.39, 0.29) is 5.54 Å². The Hall–Kier alpha value is -1.16. The number of anilines is 1. The Balaban J connectivity index is 2.00. The van der Waals surface area contributed by atoms with Gasteiger partial charge in [0.1, 0.15) is 11.6 Å². The maximum Gasteiger partial charge on any atom is 0.130 e. The fourth-order valence-corrected chi connectivity index (χ4v) is 1.95. The van der Waals surface area contributed by atoms with Crippen molar-refractivity contribution >= 4 is 5.82 Å². The van der Waals surface area contributed by atoms with Gasteiger partial charge in [0.2, 0.25) is 0 Å². The largest absolute Gasteiger partial charge is 0.368 e. The molecule has 1 fully saturated rings. The molecule has 0 atom stereocenters. The van der Waals surface area contributed by atoms with Gasteiger partial charge in [-0.05, 0) is 26.2 Å². The second-order valence-electron chi connectivity index (χ2n) is 4.73. The highest BCUT2D eigenvalue weighted by Crippen LogP contribution is 2.29. The SMILES string of the molecule is CCc1nc(C)cc(NCC2(N)CCC2)n1. The number of aromatic nitrogens is 2.